The normalized spacial score (nSPS) is 31.7. The molecule has 4 rings (SSSR count). The number of aliphatic hydroxyl groups is 1. The van der Waals surface area contributed by atoms with E-state index >= 15 is 0 Å². The van der Waals surface area contributed by atoms with Gasteiger partial charge in [0.1, 0.15) is 5.75 Å². The molecule has 1 aliphatic heterocycles. The molecule has 2 aromatic carbocycles. The second kappa shape index (κ2) is 4.23. The van der Waals surface area contributed by atoms with Crippen LogP contribution in [0.1, 0.15) is 44.1 Å². The summed E-state index contributed by atoms with van der Waals surface area (Å²) in [5, 5.41) is 13.2. The molecule has 2 aliphatic rings. The minimum absolute atomic E-state index is 0.425. The zero-order valence-corrected chi connectivity index (χ0v) is 11.8. The molecule has 1 heterocycles. The summed E-state index contributed by atoms with van der Waals surface area (Å²) in [5.74, 6) is 1.03. The molecule has 2 aromatic rings. The first kappa shape index (κ1) is 12.2. The van der Waals surface area contributed by atoms with Gasteiger partial charge in [0.05, 0.1) is 0 Å². The third kappa shape index (κ3) is 1.68. The van der Waals surface area contributed by atoms with Crippen molar-refractivity contribution in [1.82, 2.24) is 0 Å². The predicted octanol–water partition coefficient (Wildman–Crippen LogP) is 4.21. The van der Waals surface area contributed by atoms with Gasteiger partial charge in [0, 0.05) is 18.4 Å². The van der Waals surface area contributed by atoms with Gasteiger partial charge >= 0.3 is 0 Å². The van der Waals surface area contributed by atoms with Crippen LogP contribution in [0.2, 0.25) is 0 Å². The Kier molecular flexibility index (Phi) is 2.58. The van der Waals surface area contributed by atoms with Gasteiger partial charge in [-0.3, -0.25) is 0 Å². The maximum Gasteiger partial charge on any atom is 0.208 e. The molecule has 0 aromatic heterocycles. The molecule has 0 unspecified atom stereocenters. The molecule has 3 atom stereocenters. The van der Waals surface area contributed by atoms with Crippen LogP contribution >= 0.6 is 0 Å². The van der Waals surface area contributed by atoms with E-state index in [4.69, 9.17) is 4.74 Å². The number of benzene rings is 2. The average Bonchev–Trinajstić information content (AvgIpc) is 2.46. The Morgan fingerprint density at radius 3 is 2.95 bits per heavy atom. The average molecular weight is 268 g/mol. The van der Waals surface area contributed by atoms with Gasteiger partial charge in [-0.15, -0.1) is 0 Å². The van der Waals surface area contributed by atoms with Crippen molar-refractivity contribution in [3.05, 3.63) is 42.0 Å². The summed E-state index contributed by atoms with van der Waals surface area (Å²) in [7, 11) is 0. The van der Waals surface area contributed by atoms with Crippen LogP contribution in [0.3, 0.4) is 0 Å². The Hall–Kier alpha value is -1.54. The number of hydrogen-bond acceptors (Lipinski definition) is 2. The summed E-state index contributed by atoms with van der Waals surface area (Å²) in [6, 6.07) is 12.6. The summed E-state index contributed by atoms with van der Waals surface area (Å²) in [4.78, 5) is 0. The Bertz CT molecular complexity index is 664. The molecular formula is C18H20O2. The highest BCUT2D eigenvalue weighted by atomic mass is 16.6. The third-order valence-electron chi connectivity index (χ3n) is 5.14. The van der Waals surface area contributed by atoms with Crippen LogP contribution < -0.4 is 4.74 Å². The van der Waals surface area contributed by atoms with Crippen LogP contribution in [-0.2, 0) is 0 Å². The van der Waals surface area contributed by atoms with Crippen LogP contribution in [0.4, 0.5) is 0 Å². The van der Waals surface area contributed by atoms with E-state index < -0.39 is 5.79 Å². The molecule has 1 N–H and O–H groups in total. The van der Waals surface area contributed by atoms with Crippen LogP contribution in [0, 0.1) is 5.92 Å². The lowest BCUT2D eigenvalue weighted by Gasteiger charge is -2.46. The monoisotopic (exact) mass is 268 g/mol. The third-order valence-corrected chi connectivity index (χ3v) is 5.14. The highest BCUT2D eigenvalue weighted by molar-refractivity contribution is 5.88. The number of hydrogen-bond donors (Lipinski definition) is 1. The van der Waals surface area contributed by atoms with Crippen molar-refractivity contribution in [2.24, 2.45) is 5.92 Å². The maximum absolute atomic E-state index is 10.6. The van der Waals surface area contributed by atoms with Crippen molar-refractivity contribution in [2.45, 2.75) is 44.3 Å². The van der Waals surface area contributed by atoms with Crippen molar-refractivity contribution in [2.75, 3.05) is 0 Å². The fourth-order valence-corrected chi connectivity index (χ4v) is 4.10. The van der Waals surface area contributed by atoms with E-state index in [0.717, 1.165) is 25.0 Å². The molecule has 0 saturated heterocycles. The van der Waals surface area contributed by atoms with Crippen molar-refractivity contribution < 1.29 is 9.84 Å². The van der Waals surface area contributed by atoms with Gasteiger partial charge in [0.15, 0.2) is 0 Å². The molecule has 2 heteroatoms. The second-order valence-corrected chi connectivity index (χ2v) is 6.26. The van der Waals surface area contributed by atoms with E-state index in [1.165, 1.54) is 22.8 Å². The maximum atomic E-state index is 10.6. The second-order valence-electron chi connectivity index (χ2n) is 6.26. The molecular weight excluding hydrogens is 248 g/mol. The van der Waals surface area contributed by atoms with Gasteiger partial charge in [-0.25, -0.2) is 0 Å². The molecule has 0 spiro atoms. The SMILES string of the molecule is CC[C@@H]1CC[C@]2(O)C[C@H]1c1c(ccc3ccccc13)O2. The molecule has 1 fully saturated rings. The smallest absolute Gasteiger partial charge is 0.208 e. The zero-order valence-electron chi connectivity index (χ0n) is 11.8. The van der Waals surface area contributed by atoms with Crippen LogP contribution in [0.25, 0.3) is 10.8 Å². The molecule has 0 amide bonds. The number of fused-ring (bicyclic) bond motifs is 6. The van der Waals surface area contributed by atoms with E-state index in [-0.39, 0.29) is 0 Å². The summed E-state index contributed by atoms with van der Waals surface area (Å²) >= 11 is 0. The van der Waals surface area contributed by atoms with Crippen molar-refractivity contribution in [3.8, 4) is 5.75 Å². The van der Waals surface area contributed by atoms with Gasteiger partial charge in [-0.1, -0.05) is 43.7 Å². The van der Waals surface area contributed by atoms with E-state index in [9.17, 15) is 5.11 Å². The van der Waals surface area contributed by atoms with Gasteiger partial charge in [0.25, 0.3) is 0 Å². The van der Waals surface area contributed by atoms with Gasteiger partial charge < -0.3 is 9.84 Å². The molecule has 0 radical (unpaired) electrons. The Morgan fingerprint density at radius 1 is 1.25 bits per heavy atom. The first-order valence-corrected chi connectivity index (χ1v) is 7.63. The van der Waals surface area contributed by atoms with Crippen LogP contribution in [0.15, 0.2) is 36.4 Å². The number of ether oxygens (including phenoxy) is 1. The lowest BCUT2D eigenvalue weighted by molar-refractivity contribution is -0.180. The zero-order chi connectivity index (χ0) is 13.7. The van der Waals surface area contributed by atoms with Gasteiger partial charge in [0.2, 0.25) is 5.79 Å². The van der Waals surface area contributed by atoms with E-state index in [1.807, 2.05) is 6.07 Å². The molecule has 2 nitrogen and oxygen atoms in total. The van der Waals surface area contributed by atoms with Crippen molar-refractivity contribution in [3.63, 3.8) is 0 Å². The fourth-order valence-electron chi connectivity index (χ4n) is 4.10. The Balaban J connectivity index is 1.96. The highest BCUT2D eigenvalue weighted by Crippen LogP contribution is 2.53. The fraction of sp³-hybridized carbons (Fsp3) is 0.444. The summed E-state index contributed by atoms with van der Waals surface area (Å²) in [5.41, 5.74) is 1.32. The van der Waals surface area contributed by atoms with E-state index in [1.54, 1.807) is 0 Å². The minimum Gasteiger partial charge on any atom is -0.462 e. The largest absolute Gasteiger partial charge is 0.462 e. The number of rotatable bonds is 1. The summed E-state index contributed by atoms with van der Waals surface area (Å²) < 4.78 is 5.95. The quantitative estimate of drug-likeness (QED) is 0.839. The summed E-state index contributed by atoms with van der Waals surface area (Å²) in [6.07, 6.45) is 3.73. The molecule has 1 aliphatic carbocycles. The minimum atomic E-state index is -0.939. The lowest BCUT2D eigenvalue weighted by Crippen LogP contribution is -2.46. The van der Waals surface area contributed by atoms with Gasteiger partial charge in [-0.2, -0.15) is 0 Å². The van der Waals surface area contributed by atoms with Gasteiger partial charge in [-0.05, 0) is 35.1 Å². The standard InChI is InChI=1S/C18H20O2/c1-2-12-9-10-18(19)11-15(12)17-14-6-4-3-5-13(14)7-8-16(17)20-18/h3-8,12,15,19H,2,9-11H2,1H3/t12-,15-,18-/m1/s1. The topological polar surface area (TPSA) is 29.5 Å². The first-order valence-electron chi connectivity index (χ1n) is 7.63. The first-order chi connectivity index (χ1) is 9.70. The Morgan fingerprint density at radius 2 is 2.10 bits per heavy atom. The Labute approximate surface area is 119 Å². The molecule has 20 heavy (non-hydrogen) atoms. The highest BCUT2D eigenvalue weighted by Gasteiger charge is 2.46. The van der Waals surface area contributed by atoms with E-state index in [2.05, 4.69) is 37.3 Å². The van der Waals surface area contributed by atoms with E-state index in [0.29, 0.717) is 11.8 Å². The molecule has 2 bridgehead atoms. The predicted molar refractivity (Wildman–Crippen MR) is 79.9 cm³/mol. The molecule has 104 valence electrons. The van der Waals surface area contributed by atoms with Crippen LogP contribution in [0.5, 0.6) is 5.75 Å². The lowest BCUT2D eigenvalue weighted by atomic mass is 9.69. The van der Waals surface area contributed by atoms with Crippen molar-refractivity contribution in [1.29, 1.82) is 0 Å². The van der Waals surface area contributed by atoms with Crippen molar-refractivity contribution >= 4 is 10.8 Å². The van der Waals surface area contributed by atoms with Crippen LogP contribution in [-0.4, -0.2) is 10.9 Å². The summed E-state index contributed by atoms with van der Waals surface area (Å²) in [6.45, 7) is 2.26. The molecule has 1 saturated carbocycles.